The van der Waals surface area contributed by atoms with Crippen LogP contribution < -0.4 is 0 Å². The molecule has 2 rings (SSSR count). The van der Waals surface area contributed by atoms with Crippen LogP contribution in [-0.4, -0.2) is 21.7 Å². The van der Waals surface area contributed by atoms with Gasteiger partial charge in [0.15, 0.2) is 0 Å². The predicted octanol–water partition coefficient (Wildman–Crippen LogP) is 5.41. The van der Waals surface area contributed by atoms with Crippen molar-refractivity contribution in [1.82, 2.24) is 9.55 Å². The number of rotatable bonds is 1. The molecular formula is C12H8Cl3F3N2O2. The molecule has 0 aliphatic carbocycles. The van der Waals surface area contributed by atoms with E-state index in [0.29, 0.717) is 0 Å². The Kier molecular flexibility index (Phi) is 4.52. The molecule has 0 unspecified atom stereocenters. The minimum absolute atomic E-state index is 0.105. The number of hydrogen-bond donors (Lipinski definition) is 0. The lowest BCUT2D eigenvalue weighted by atomic mass is 10.3. The fraction of sp³-hybridized carbons (Fsp3) is 0.333. The third kappa shape index (κ3) is 2.98. The molecule has 0 fully saturated rings. The third-order valence-corrected chi connectivity index (χ3v) is 3.81. The van der Waals surface area contributed by atoms with Gasteiger partial charge in [-0.2, -0.15) is 13.2 Å². The van der Waals surface area contributed by atoms with Crippen molar-refractivity contribution < 1.29 is 22.7 Å². The zero-order chi connectivity index (χ0) is 16.8. The standard InChI is InChI=1S/C12H8Cl3F3N2O2/c1-4(2)22-11(21)20-6-3-5(13)7(14)8(15)9(6)19-10(20)12(16,17)18/h3-4H,1-2H3. The third-order valence-electron chi connectivity index (χ3n) is 2.56. The normalized spacial score (nSPS) is 12.2. The van der Waals surface area contributed by atoms with Crippen molar-refractivity contribution >= 4 is 51.9 Å². The second-order valence-corrected chi connectivity index (χ2v) is 5.72. The van der Waals surface area contributed by atoms with Gasteiger partial charge in [-0.3, -0.25) is 0 Å². The minimum Gasteiger partial charge on any atom is -0.446 e. The second kappa shape index (κ2) is 5.79. The molecule has 22 heavy (non-hydrogen) atoms. The molecular weight excluding hydrogens is 367 g/mol. The van der Waals surface area contributed by atoms with Crippen LogP contribution in [0.15, 0.2) is 6.07 Å². The van der Waals surface area contributed by atoms with Crippen LogP contribution in [0, 0.1) is 0 Å². The molecule has 1 aromatic heterocycles. The van der Waals surface area contributed by atoms with Gasteiger partial charge in [0.25, 0.3) is 0 Å². The van der Waals surface area contributed by atoms with E-state index in [4.69, 9.17) is 39.5 Å². The van der Waals surface area contributed by atoms with E-state index in [2.05, 4.69) is 4.98 Å². The van der Waals surface area contributed by atoms with Gasteiger partial charge < -0.3 is 4.74 Å². The van der Waals surface area contributed by atoms with E-state index in [0.717, 1.165) is 6.07 Å². The number of ether oxygens (including phenoxy) is 1. The van der Waals surface area contributed by atoms with Crippen LogP contribution in [0.5, 0.6) is 0 Å². The fourth-order valence-electron chi connectivity index (χ4n) is 1.75. The summed E-state index contributed by atoms with van der Waals surface area (Å²) >= 11 is 17.5. The number of carbonyl (C=O) groups is 1. The first-order valence-electron chi connectivity index (χ1n) is 5.88. The Morgan fingerprint density at radius 3 is 2.36 bits per heavy atom. The average Bonchev–Trinajstić information content (AvgIpc) is 2.74. The molecule has 2 aromatic rings. The first-order valence-corrected chi connectivity index (χ1v) is 7.01. The number of alkyl halides is 3. The summed E-state index contributed by atoms with van der Waals surface area (Å²) < 4.78 is 44.4. The van der Waals surface area contributed by atoms with Gasteiger partial charge in [0.2, 0.25) is 5.82 Å². The van der Waals surface area contributed by atoms with Crippen molar-refractivity contribution in [2.24, 2.45) is 0 Å². The number of imidazole rings is 1. The highest BCUT2D eigenvalue weighted by Crippen LogP contribution is 2.39. The van der Waals surface area contributed by atoms with Crippen molar-refractivity contribution in [3.8, 4) is 0 Å². The lowest BCUT2D eigenvalue weighted by Gasteiger charge is -2.12. The van der Waals surface area contributed by atoms with Crippen LogP contribution in [0.2, 0.25) is 15.1 Å². The summed E-state index contributed by atoms with van der Waals surface area (Å²) in [6.07, 6.45) is -6.75. The smallest absolute Gasteiger partial charge is 0.446 e. The van der Waals surface area contributed by atoms with Gasteiger partial charge in [0.1, 0.15) is 5.52 Å². The number of aromatic nitrogens is 2. The SMILES string of the molecule is CC(C)OC(=O)n1c(C(F)(F)F)nc2c(Cl)c(Cl)c(Cl)cc21. The van der Waals surface area contributed by atoms with Crippen LogP contribution in [0.25, 0.3) is 11.0 Å². The maximum Gasteiger partial charge on any atom is 0.450 e. The zero-order valence-corrected chi connectivity index (χ0v) is 13.4. The molecule has 1 aromatic carbocycles. The molecule has 0 aliphatic rings. The van der Waals surface area contributed by atoms with Crippen molar-refractivity contribution in [1.29, 1.82) is 0 Å². The molecule has 0 bridgehead atoms. The first-order chi connectivity index (χ1) is 10.0. The van der Waals surface area contributed by atoms with Gasteiger partial charge >= 0.3 is 12.3 Å². The van der Waals surface area contributed by atoms with E-state index in [1.165, 1.54) is 13.8 Å². The van der Waals surface area contributed by atoms with Gasteiger partial charge in [-0.05, 0) is 19.9 Å². The summed E-state index contributed by atoms with van der Waals surface area (Å²) in [5, 5.41) is -0.524. The first kappa shape index (κ1) is 17.2. The van der Waals surface area contributed by atoms with E-state index in [-0.39, 0.29) is 30.7 Å². The molecule has 120 valence electrons. The summed E-state index contributed by atoms with van der Waals surface area (Å²) in [4.78, 5) is 15.4. The number of carbonyl (C=O) groups excluding carboxylic acids is 1. The number of halogens is 6. The van der Waals surface area contributed by atoms with E-state index < -0.39 is 24.2 Å². The largest absolute Gasteiger partial charge is 0.450 e. The Morgan fingerprint density at radius 1 is 1.27 bits per heavy atom. The molecule has 0 aliphatic heterocycles. The van der Waals surface area contributed by atoms with Crippen molar-refractivity contribution in [3.63, 3.8) is 0 Å². The summed E-state index contributed by atoms with van der Waals surface area (Å²) in [5.41, 5.74) is -0.526. The minimum atomic E-state index is -4.89. The second-order valence-electron chi connectivity index (χ2n) is 4.56. The van der Waals surface area contributed by atoms with Crippen LogP contribution in [0.1, 0.15) is 19.7 Å². The molecule has 0 atom stereocenters. The summed E-state index contributed by atoms with van der Waals surface area (Å²) in [7, 11) is 0. The van der Waals surface area contributed by atoms with Crippen molar-refractivity contribution in [2.75, 3.05) is 0 Å². The molecule has 1 heterocycles. The highest BCUT2D eigenvalue weighted by Gasteiger charge is 2.40. The lowest BCUT2D eigenvalue weighted by molar-refractivity contribution is -0.146. The Bertz CT molecular complexity index is 756. The average molecular weight is 376 g/mol. The molecule has 4 nitrogen and oxygen atoms in total. The monoisotopic (exact) mass is 374 g/mol. The van der Waals surface area contributed by atoms with Crippen LogP contribution in [0.4, 0.5) is 18.0 Å². The van der Waals surface area contributed by atoms with Crippen LogP contribution in [0.3, 0.4) is 0 Å². The summed E-state index contributed by atoms with van der Waals surface area (Å²) in [5.74, 6) is -1.46. The molecule has 0 N–H and O–H groups in total. The van der Waals surface area contributed by atoms with Crippen molar-refractivity contribution in [3.05, 3.63) is 27.0 Å². The van der Waals surface area contributed by atoms with Gasteiger partial charge in [-0.1, -0.05) is 34.8 Å². The van der Waals surface area contributed by atoms with E-state index in [9.17, 15) is 18.0 Å². The van der Waals surface area contributed by atoms with E-state index in [1.54, 1.807) is 0 Å². The summed E-state index contributed by atoms with van der Waals surface area (Å²) in [6.45, 7) is 3.00. The Morgan fingerprint density at radius 2 is 1.86 bits per heavy atom. The number of benzene rings is 1. The van der Waals surface area contributed by atoms with Crippen molar-refractivity contribution in [2.45, 2.75) is 26.1 Å². The highest BCUT2D eigenvalue weighted by atomic mass is 35.5. The predicted molar refractivity (Wildman–Crippen MR) is 76.8 cm³/mol. The lowest BCUT2D eigenvalue weighted by Crippen LogP contribution is -2.24. The number of hydrogen-bond acceptors (Lipinski definition) is 3. The van der Waals surface area contributed by atoms with E-state index in [1.807, 2.05) is 0 Å². The van der Waals surface area contributed by atoms with E-state index >= 15 is 0 Å². The van der Waals surface area contributed by atoms with Gasteiger partial charge in [-0.15, -0.1) is 0 Å². The molecule has 0 amide bonds. The molecule has 0 saturated heterocycles. The topological polar surface area (TPSA) is 44.1 Å². The quantitative estimate of drug-likeness (QED) is 0.626. The van der Waals surface area contributed by atoms with Gasteiger partial charge in [0, 0.05) is 0 Å². The Balaban J connectivity index is 2.83. The maximum absolute atomic E-state index is 13.1. The maximum atomic E-state index is 13.1. The van der Waals surface area contributed by atoms with Crippen LogP contribution >= 0.6 is 34.8 Å². The van der Waals surface area contributed by atoms with Gasteiger partial charge in [0.05, 0.1) is 26.7 Å². The zero-order valence-electron chi connectivity index (χ0n) is 11.1. The molecule has 10 heteroatoms. The molecule has 0 spiro atoms. The van der Waals surface area contributed by atoms with Crippen LogP contribution in [-0.2, 0) is 10.9 Å². The Labute approximate surface area is 137 Å². The number of nitrogens with zero attached hydrogens (tertiary/aromatic N) is 2. The molecule has 0 saturated carbocycles. The summed E-state index contributed by atoms with van der Waals surface area (Å²) in [6, 6.07) is 1.08. The fourth-order valence-corrected chi connectivity index (χ4v) is 2.38. The highest BCUT2D eigenvalue weighted by molar-refractivity contribution is 6.50. The number of fused-ring (bicyclic) bond motifs is 1. The van der Waals surface area contributed by atoms with Gasteiger partial charge in [-0.25, -0.2) is 14.3 Å². The molecule has 0 radical (unpaired) electrons. The Hall–Kier alpha value is -1.18.